The lowest BCUT2D eigenvalue weighted by molar-refractivity contribution is -0.161. The molecule has 5 unspecified atom stereocenters. The Balaban J connectivity index is 5.35. The molecular weight excluding hydrogens is 1310 g/mol. The fraction of sp³-hybridized carbons (Fsp3) is 0.778. The van der Waals surface area contributed by atoms with Gasteiger partial charge in [-0.2, -0.15) is 0 Å². The number of carbonyl (C=O) groups excluding carboxylic acids is 4. The molecule has 0 amide bonds. The number of unbranched alkanes of at least 4 members (excludes halogenated alkanes) is 35. The Morgan fingerprint density at radius 2 is 0.540 bits per heavy atom. The third kappa shape index (κ3) is 72.6. The zero-order valence-electron chi connectivity index (χ0n) is 63.4. The summed E-state index contributed by atoms with van der Waals surface area (Å²) in [5.41, 5.74) is 0. The summed E-state index contributed by atoms with van der Waals surface area (Å²) in [7, 11) is -9.96. The maximum absolute atomic E-state index is 13.1. The topological polar surface area (TPSA) is 237 Å². The van der Waals surface area contributed by atoms with Crippen molar-refractivity contribution in [3.8, 4) is 0 Å². The molecule has 0 saturated carbocycles. The summed E-state index contributed by atoms with van der Waals surface area (Å²) < 4.78 is 68.6. The van der Waals surface area contributed by atoms with E-state index in [9.17, 15) is 43.2 Å². The molecule has 0 aliphatic carbocycles. The van der Waals surface area contributed by atoms with Gasteiger partial charge in [0.25, 0.3) is 0 Å². The van der Waals surface area contributed by atoms with Gasteiger partial charge in [-0.05, 0) is 135 Å². The second-order valence-corrected chi connectivity index (χ2v) is 29.5. The summed E-state index contributed by atoms with van der Waals surface area (Å²) in [4.78, 5) is 73.0. The van der Waals surface area contributed by atoms with Crippen molar-refractivity contribution in [1.29, 1.82) is 0 Å². The van der Waals surface area contributed by atoms with Crippen LogP contribution in [0.1, 0.15) is 349 Å². The number of ether oxygens (including phenoxy) is 4. The van der Waals surface area contributed by atoms with Crippen LogP contribution in [0.5, 0.6) is 0 Å². The van der Waals surface area contributed by atoms with Crippen LogP contribution in [-0.4, -0.2) is 96.7 Å². The van der Waals surface area contributed by atoms with Crippen LogP contribution in [0, 0.1) is 0 Å². The minimum Gasteiger partial charge on any atom is -0.462 e. The molecule has 0 radical (unpaired) electrons. The van der Waals surface area contributed by atoms with Crippen molar-refractivity contribution in [3.63, 3.8) is 0 Å². The molecule has 0 aliphatic rings. The summed E-state index contributed by atoms with van der Waals surface area (Å²) in [6.45, 7) is 4.69. The Hall–Kier alpha value is -3.76. The highest BCUT2D eigenvalue weighted by Crippen LogP contribution is 2.45. The highest BCUT2D eigenvalue weighted by atomic mass is 31.2. The number of allylic oxidation sites excluding steroid dienone is 14. The molecule has 0 heterocycles. The number of hydrogen-bond acceptors (Lipinski definition) is 15. The van der Waals surface area contributed by atoms with Crippen molar-refractivity contribution in [2.45, 2.75) is 367 Å². The maximum Gasteiger partial charge on any atom is 0.472 e. The van der Waals surface area contributed by atoms with Crippen LogP contribution in [0.25, 0.3) is 0 Å². The van der Waals surface area contributed by atoms with Crippen molar-refractivity contribution >= 4 is 39.5 Å². The Labute approximate surface area is 608 Å². The minimum absolute atomic E-state index is 0.0771. The SMILES string of the molecule is CC/C=C\C/C=C\C/C=C\CCCCCCCCCC(=O)OCC(COP(=O)(O)OCC(O)COP(=O)(O)OCC(COC(=O)CCCCCCC/C=C\CCCCCCCC)OC(=O)CCCCCCC/C=C\CCCCCCCC)OC(=O)CCCCCCC/C=C\C/C=C\CCC. The Morgan fingerprint density at radius 3 is 0.850 bits per heavy atom. The number of phosphoric ester groups is 2. The smallest absolute Gasteiger partial charge is 0.462 e. The van der Waals surface area contributed by atoms with Gasteiger partial charge in [0, 0.05) is 25.7 Å². The first-order chi connectivity index (χ1) is 48.7. The molecule has 19 heteroatoms. The van der Waals surface area contributed by atoms with E-state index in [1.54, 1.807) is 0 Å². The fourth-order valence-corrected chi connectivity index (χ4v) is 12.3. The van der Waals surface area contributed by atoms with E-state index in [4.69, 9.17) is 37.0 Å². The zero-order valence-corrected chi connectivity index (χ0v) is 65.2. The normalized spacial score (nSPS) is 14.3. The van der Waals surface area contributed by atoms with E-state index < -0.39 is 97.5 Å². The molecule has 0 saturated heterocycles. The van der Waals surface area contributed by atoms with Gasteiger partial charge in [-0.1, -0.05) is 273 Å². The van der Waals surface area contributed by atoms with E-state index in [0.717, 1.165) is 193 Å². The highest BCUT2D eigenvalue weighted by molar-refractivity contribution is 7.47. The fourth-order valence-electron chi connectivity index (χ4n) is 10.7. The number of phosphoric acid groups is 2. The molecule has 0 rings (SSSR count). The van der Waals surface area contributed by atoms with E-state index in [1.165, 1.54) is 77.0 Å². The predicted molar refractivity (Wildman–Crippen MR) is 409 cm³/mol. The average molecular weight is 1450 g/mol. The van der Waals surface area contributed by atoms with Gasteiger partial charge >= 0.3 is 39.5 Å². The quantitative estimate of drug-likeness (QED) is 0.0169. The summed E-state index contributed by atoms with van der Waals surface area (Å²) in [6, 6.07) is 0. The summed E-state index contributed by atoms with van der Waals surface area (Å²) in [5.74, 6) is -2.20. The molecule has 0 aromatic carbocycles. The van der Waals surface area contributed by atoms with Crippen LogP contribution in [0.15, 0.2) is 85.1 Å². The molecule has 5 atom stereocenters. The van der Waals surface area contributed by atoms with Crippen LogP contribution in [0.2, 0.25) is 0 Å². The highest BCUT2D eigenvalue weighted by Gasteiger charge is 2.30. The van der Waals surface area contributed by atoms with Gasteiger partial charge in [0.15, 0.2) is 12.2 Å². The van der Waals surface area contributed by atoms with Gasteiger partial charge < -0.3 is 33.8 Å². The van der Waals surface area contributed by atoms with Crippen LogP contribution < -0.4 is 0 Å². The van der Waals surface area contributed by atoms with Crippen molar-refractivity contribution in [1.82, 2.24) is 0 Å². The number of carbonyl (C=O) groups is 4. The number of aliphatic hydroxyl groups excluding tert-OH is 1. The molecule has 100 heavy (non-hydrogen) atoms. The van der Waals surface area contributed by atoms with Crippen molar-refractivity contribution in [2.75, 3.05) is 39.6 Å². The minimum atomic E-state index is -4.98. The monoisotopic (exact) mass is 1450 g/mol. The third-order valence-corrected chi connectivity index (χ3v) is 18.7. The molecule has 0 bridgehead atoms. The number of rotatable bonds is 75. The zero-order chi connectivity index (χ0) is 73.2. The molecular formula is C81H144O17P2. The first-order valence-electron chi connectivity index (χ1n) is 39.8. The largest absolute Gasteiger partial charge is 0.472 e. The summed E-state index contributed by atoms with van der Waals surface area (Å²) >= 11 is 0. The standard InChI is InChI=1S/C81H144O17P2/c1-5-9-13-17-21-25-29-33-36-37-40-43-46-50-54-58-62-66-79(84)92-71-76(97-80(85)67-63-59-55-51-47-41-32-28-24-20-16-12-8-4)73-95-99(87,88)93-69-75(82)70-94-100(89,90)96-74-77(98-81(86)68-64-60-56-52-48-44-39-35-31-27-23-19-15-11-7-3)72-91-78(83)65-61-57-53-49-45-42-38-34-30-26-22-18-14-10-6-2/h9,13,16,20-21,25,28,32-36,38-39,75-77,82H,5-8,10-12,14-15,17-19,22-24,26-27,29-31,37,40-74H2,1-4H3,(H,87,88)(H,89,90)/b13-9-,20-16-,25-21-,32-28-,36-33-,38-34-,39-35-. The van der Waals surface area contributed by atoms with E-state index in [0.29, 0.717) is 25.7 Å². The Bertz CT molecular complexity index is 2230. The molecule has 0 aliphatic heterocycles. The van der Waals surface area contributed by atoms with E-state index in [2.05, 4.69) is 113 Å². The molecule has 0 aromatic rings. The lowest BCUT2D eigenvalue weighted by Crippen LogP contribution is -2.30. The van der Waals surface area contributed by atoms with Crippen LogP contribution in [0.3, 0.4) is 0 Å². The van der Waals surface area contributed by atoms with E-state index in [-0.39, 0.29) is 25.7 Å². The third-order valence-electron chi connectivity index (χ3n) is 16.8. The molecule has 0 spiro atoms. The van der Waals surface area contributed by atoms with Crippen molar-refractivity contribution in [3.05, 3.63) is 85.1 Å². The maximum atomic E-state index is 13.1. The number of hydrogen-bond donors (Lipinski definition) is 3. The second kappa shape index (κ2) is 73.5. The van der Waals surface area contributed by atoms with Gasteiger partial charge in [0.2, 0.25) is 0 Å². The van der Waals surface area contributed by atoms with Gasteiger partial charge in [0.05, 0.1) is 26.4 Å². The van der Waals surface area contributed by atoms with Gasteiger partial charge in [-0.25, -0.2) is 9.13 Å². The second-order valence-electron chi connectivity index (χ2n) is 26.6. The molecule has 3 N–H and O–H groups in total. The van der Waals surface area contributed by atoms with Gasteiger partial charge in [-0.3, -0.25) is 37.3 Å². The lowest BCUT2D eigenvalue weighted by Gasteiger charge is -2.21. The molecule has 580 valence electrons. The lowest BCUT2D eigenvalue weighted by atomic mass is 10.1. The van der Waals surface area contributed by atoms with Crippen LogP contribution in [-0.2, 0) is 65.4 Å². The summed E-state index contributed by atoms with van der Waals surface area (Å²) in [5, 5.41) is 10.6. The molecule has 17 nitrogen and oxygen atoms in total. The number of aliphatic hydroxyl groups is 1. The summed E-state index contributed by atoms with van der Waals surface area (Å²) in [6.07, 6.45) is 75.6. The van der Waals surface area contributed by atoms with Gasteiger partial charge in [0.1, 0.15) is 19.3 Å². The molecule has 0 fully saturated rings. The average Bonchev–Trinajstić information content (AvgIpc) is 0.965. The molecule has 0 aromatic heterocycles. The van der Waals surface area contributed by atoms with Crippen molar-refractivity contribution < 1.29 is 80.2 Å². The van der Waals surface area contributed by atoms with Crippen LogP contribution >= 0.6 is 15.6 Å². The first kappa shape index (κ1) is 96.2. The number of esters is 4. The van der Waals surface area contributed by atoms with E-state index in [1.807, 2.05) is 0 Å². The Morgan fingerprint density at radius 1 is 0.290 bits per heavy atom. The van der Waals surface area contributed by atoms with Crippen LogP contribution in [0.4, 0.5) is 0 Å². The van der Waals surface area contributed by atoms with E-state index >= 15 is 0 Å². The van der Waals surface area contributed by atoms with Crippen molar-refractivity contribution in [2.24, 2.45) is 0 Å². The predicted octanol–water partition coefficient (Wildman–Crippen LogP) is 23.0. The Kier molecular flexibility index (Phi) is 70.8. The first-order valence-corrected chi connectivity index (χ1v) is 42.8. The van der Waals surface area contributed by atoms with Gasteiger partial charge in [-0.15, -0.1) is 0 Å².